The van der Waals surface area contributed by atoms with Crippen LogP contribution in [0, 0.1) is 5.82 Å². The second-order valence-electron chi connectivity index (χ2n) is 4.94. The fourth-order valence-corrected chi connectivity index (χ4v) is 4.37. The first kappa shape index (κ1) is 13.1. The van der Waals surface area contributed by atoms with E-state index in [4.69, 9.17) is 0 Å². The number of benzene rings is 2. The summed E-state index contributed by atoms with van der Waals surface area (Å²) in [5, 5.41) is 0. The molecule has 2 aromatic rings. The maximum Gasteiger partial charge on any atom is 0.264 e. The van der Waals surface area contributed by atoms with Crippen molar-refractivity contribution >= 4 is 15.7 Å². The van der Waals surface area contributed by atoms with Gasteiger partial charge >= 0.3 is 0 Å². The highest BCUT2D eigenvalue weighted by atomic mass is 32.2. The Kier molecular flexibility index (Phi) is 3.01. The summed E-state index contributed by atoms with van der Waals surface area (Å²) in [7, 11) is -3.73. The predicted octanol–water partition coefficient (Wildman–Crippen LogP) is 2.97. The zero-order valence-corrected chi connectivity index (χ0v) is 11.8. The van der Waals surface area contributed by atoms with E-state index < -0.39 is 15.8 Å². The quantitative estimate of drug-likeness (QED) is 0.853. The molecule has 0 unspecified atom stereocenters. The molecular formula is C15H14FNO2S. The molecule has 0 aromatic heterocycles. The molecule has 0 aliphatic carbocycles. The zero-order valence-electron chi connectivity index (χ0n) is 11.0. The normalized spacial score (nSPS) is 18.1. The summed E-state index contributed by atoms with van der Waals surface area (Å²) in [6.45, 7) is 1.86. The number of hydrogen-bond donors (Lipinski definition) is 0. The van der Waals surface area contributed by atoms with E-state index in [0.717, 1.165) is 11.6 Å². The van der Waals surface area contributed by atoms with E-state index in [2.05, 4.69) is 0 Å². The lowest BCUT2D eigenvalue weighted by Crippen LogP contribution is -2.35. The Hall–Kier alpha value is -1.88. The van der Waals surface area contributed by atoms with Gasteiger partial charge < -0.3 is 0 Å². The molecule has 1 heterocycles. The average molecular weight is 291 g/mol. The van der Waals surface area contributed by atoms with Crippen molar-refractivity contribution in [3.8, 4) is 0 Å². The molecule has 0 amide bonds. The van der Waals surface area contributed by atoms with Gasteiger partial charge in [0, 0.05) is 6.04 Å². The number of sulfonamides is 1. The van der Waals surface area contributed by atoms with Crippen molar-refractivity contribution in [3.05, 3.63) is 59.9 Å². The molecule has 3 rings (SSSR count). The summed E-state index contributed by atoms with van der Waals surface area (Å²) in [6.07, 6.45) is 0.671. The van der Waals surface area contributed by atoms with Gasteiger partial charge in [-0.15, -0.1) is 0 Å². The minimum atomic E-state index is -3.73. The van der Waals surface area contributed by atoms with Gasteiger partial charge in [-0.05, 0) is 43.2 Å². The van der Waals surface area contributed by atoms with Crippen LogP contribution >= 0.6 is 0 Å². The van der Waals surface area contributed by atoms with Crippen molar-refractivity contribution in [2.24, 2.45) is 0 Å². The van der Waals surface area contributed by atoms with Gasteiger partial charge in [-0.1, -0.05) is 24.3 Å². The summed E-state index contributed by atoms with van der Waals surface area (Å²) in [6, 6.07) is 12.4. The molecule has 1 aliphatic rings. The van der Waals surface area contributed by atoms with Gasteiger partial charge in [-0.3, -0.25) is 4.31 Å². The van der Waals surface area contributed by atoms with Crippen molar-refractivity contribution in [2.45, 2.75) is 24.3 Å². The molecule has 0 bridgehead atoms. The van der Waals surface area contributed by atoms with Gasteiger partial charge in [0.05, 0.1) is 10.6 Å². The highest BCUT2D eigenvalue weighted by Crippen LogP contribution is 2.36. The first-order valence-electron chi connectivity index (χ1n) is 6.38. The highest BCUT2D eigenvalue weighted by molar-refractivity contribution is 7.92. The van der Waals surface area contributed by atoms with Crippen LogP contribution in [0.25, 0.3) is 0 Å². The molecule has 1 atom stereocenters. The third-order valence-electron chi connectivity index (χ3n) is 3.50. The number of anilines is 1. The van der Waals surface area contributed by atoms with Gasteiger partial charge in [-0.2, -0.15) is 0 Å². The third kappa shape index (κ3) is 1.98. The Morgan fingerprint density at radius 3 is 2.65 bits per heavy atom. The Labute approximate surface area is 117 Å². The Bertz CT molecular complexity index is 758. The van der Waals surface area contributed by atoms with Crippen molar-refractivity contribution in [1.29, 1.82) is 0 Å². The molecule has 0 radical (unpaired) electrons. The topological polar surface area (TPSA) is 37.4 Å². The number of para-hydroxylation sites is 1. The molecule has 3 nitrogen and oxygen atoms in total. The Morgan fingerprint density at radius 1 is 1.15 bits per heavy atom. The fraction of sp³-hybridized carbons (Fsp3) is 0.200. The monoisotopic (exact) mass is 291 g/mol. The molecule has 2 aromatic carbocycles. The maximum absolute atomic E-state index is 13.3. The van der Waals surface area contributed by atoms with Crippen LogP contribution in [0.5, 0.6) is 0 Å². The lowest BCUT2D eigenvalue weighted by Gasteiger charge is -2.24. The van der Waals surface area contributed by atoms with Crippen molar-refractivity contribution in [2.75, 3.05) is 4.31 Å². The number of fused-ring (bicyclic) bond motifs is 1. The maximum atomic E-state index is 13.3. The largest absolute Gasteiger partial charge is 0.264 e. The predicted molar refractivity (Wildman–Crippen MR) is 75.7 cm³/mol. The van der Waals surface area contributed by atoms with E-state index in [1.54, 1.807) is 6.07 Å². The van der Waals surface area contributed by atoms with Crippen LogP contribution in [0.1, 0.15) is 12.5 Å². The molecule has 0 spiro atoms. The van der Waals surface area contributed by atoms with E-state index in [-0.39, 0.29) is 10.9 Å². The molecule has 104 valence electrons. The lowest BCUT2D eigenvalue weighted by molar-refractivity contribution is 0.580. The SMILES string of the molecule is C[C@H]1Cc2ccccc2N1S(=O)(=O)c1cccc(F)c1. The van der Waals surface area contributed by atoms with E-state index in [0.29, 0.717) is 12.1 Å². The second-order valence-corrected chi connectivity index (χ2v) is 6.76. The van der Waals surface area contributed by atoms with Crippen LogP contribution in [0.4, 0.5) is 10.1 Å². The average Bonchev–Trinajstić information content (AvgIpc) is 2.75. The fourth-order valence-electron chi connectivity index (χ4n) is 2.64. The summed E-state index contributed by atoms with van der Waals surface area (Å²) >= 11 is 0. The van der Waals surface area contributed by atoms with E-state index in [1.807, 2.05) is 25.1 Å². The number of hydrogen-bond acceptors (Lipinski definition) is 2. The van der Waals surface area contributed by atoms with Crippen LogP contribution in [0.2, 0.25) is 0 Å². The van der Waals surface area contributed by atoms with Crippen molar-refractivity contribution in [1.82, 2.24) is 0 Å². The first-order chi connectivity index (χ1) is 9.50. The molecular weight excluding hydrogens is 277 g/mol. The molecule has 0 N–H and O–H groups in total. The van der Waals surface area contributed by atoms with Crippen molar-refractivity contribution < 1.29 is 12.8 Å². The van der Waals surface area contributed by atoms with E-state index in [1.165, 1.54) is 22.5 Å². The van der Waals surface area contributed by atoms with Gasteiger partial charge in [0.15, 0.2) is 0 Å². The molecule has 0 fully saturated rings. The van der Waals surface area contributed by atoms with Crippen LogP contribution in [-0.2, 0) is 16.4 Å². The summed E-state index contributed by atoms with van der Waals surface area (Å²) in [5.41, 5.74) is 1.68. The van der Waals surface area contributed by atoms with Crippen molar-refractivity contribution in [3.63, 3.8) is 0 Å². The first-order valence-corrected chi connectivity index (χ1v) is 7.82. The minimum absolute atomic E-state index is 0.0129. The smallest absolute Gasteiger partial charge is 0.263 e. The number of nitrogens with zero attached hydrogens (tertiary/aromatic N) is 1. The van der Waals surface area contributed by atoms with E-state index >= 15 is 0 Å². The molecule has 0 saturated carbocycles. The second kappa shape index (κ2) is 4.59. The van der Waals surface area contributed by atoms with Crippen LogP contribution in [0.15, 0.2) is 53.4 Å². The Morgan fingerprint density at radius 2 is 1.90 bits per heavy atom. The van der Waals surface area contributed by atoms with Gasteiger partial charge in [0.1, 0.15) is 5.82 Å². The third-order valence-corrected chi connectivity index (χ3v) is 5.42. The summed E-state index contributed by atoms with van der Waals surface area (Å²) in [5.74, 6) is -0.550. The van der Waals surface area contributed by atoms with E-state index in [9.17, 15) is 12.8 Å². The van der Waals surface area contributed by atoms with Crippen LogP contribution in [-0.4, -0.2) is 14.5 Å². The highest BCUT2D eigenvalue weighted by Gasteiger charge is 2.35. The lowest BCUT2D eigenvalue weighted by atomic mass is 10.1. The van der Waals surface area contributed by atoms with Crippen LogP contribution in [0.3, 0.4) is 0 Å². The molecule has 5 heteroatoms. The van der Waals surface area contributed by atoms with Gasteiger partial charge in [-0.25, -0.2) is 12.8 Å². The minimum Gasteiger partial charge on any atom is -0.263 e. The zero-order chi connectivity index (χ0) is 14.3. The van der Waals surface area contributed by atoms with Crippen LogP contribution < -0.4 is 4.31 Å². The van der Waals surface area contributed by atoms with Gasteiger partial charge in [0.25, 0.3) is 10.0 Å². The van der Waals surface area contributed by atoms with Gasteiger partial charge in [0.2, 0.25) is 0 Å². The number of rotatable bonds is 2. The molecule has 1 aliphatic heterocycles. The summed E-state index contributed by atoms with van der Waals surface area (Å²) < 4.78 is 40.1. The standard InChI is InChI=1S/C15H14FNO2S/c1-11-9-12-5-2-3-8-15(12)17(11)20(18,19)14-7-4-6-13(16)10-14/h2-8,10-11H,9H2,1H3/t11-/m0/s1. The number of halogens is 1. The summed E-state index contributed by atoms with van der Waals surface area (Å²) in [4.78, 5) is -0.0129. The molecule has 20 heavy (non-hydrogen) atoms. The molecule has 0 saturated heterocycles. The Balaban J connectivity index is 2.13.